The smallest absolute Gasteiger partial charge is 0.335 e. The number of likely N-dealkylation sites (tertiary alicyclic amines) is 1. The summed E-state index contributed by atoms with van der Waals surface area (Å²) < 4.78 is 33.3. The van der Waals surface area contributed by atoms with E-state index in [-0.39, 0.29) is 23.9 Å². The normalized spacial score (nSPS) is 27.5. The van der Waals surface area contributed by atoms with Gasteiger partial charge in [-0.2, -0.15) is 13.9 Å². The number of benzene rings is 1. The number of alkyl halides is 2. The van der Waals surface area contributed by atoms with Gasteiger partial charge in [0, 0.05) is 31.1 Å². The zero-order valence-electron chi connectivity index (χ0n) is 23.1. The van der Waals surface area contributed by atoms with Gasteiger partial charge in [-0.15, -0.1) is 0 Å². The minimum Gasteiger partial charge on any atom is -0.335 e. The van der Waals surface area contributed by atoms with Crippen molar-refractivity contribution < 1.29 is 18.3 Å². The highest BCUT2D eigenvalue weighted by Gasteiger charge is 2.45. The first kappa shape index (κ1) is 26.6. The van der Waals surface area contributed by atoms with Crippen LogP contribution in [0.15, 0.2) is 36.4 Å². The van der Waals surface area contributed by atoms with Crippen molar-refractivity contribution in [2.75, 3.05) is 13.1 Å². The Labute approximate surface area is 230 Å². The summed E-state index contributed by atoms with van der Waals surface area (Å²) in [5, 5.41) is 5.10. The number of halogens is 2. The molecule has 2 aromatic rings. The average molecular weight is 539 g/mol. The highest BCUT2D eigenvalue weighted by Crippen LogP contribution is 2.44. The van der Waals surface area contributed by atoms with E-state index < -0.39 is 12.8 Å². The lowest BCUT2D eigenvalue weighted by atomic mass is 9.85. The monoisotopic (exact) mass is 538 g/mol. The number of ether oxygens (including phenoxy) is 1. The van der Waals surface area contributed by atoms with E-state index in [0.29, 0.717) is 31.8 Å². The van der Waals surface area contributed by atoms with E-state index in [1.807, 2.05) is 18.7 Å². The molecule has 1 saturated carbocycles. The van der Waals surface area contributed by atoms with Crippen LogP contribution in [0.4, 0.5) is 8.78 Å². The zero-order chi connectivity index (χ0) is 27.3. The number of aromatic nitrogens is 2. The first-order valence-electron chi connectivity index (χ1n) is 14.7. The van der Waals surface area contributed by atoms with Crippen LogP contribution in [0.1, 0.15) is 93.3 Å². The maximum atomic E-state index is 14.2. The highest BCUT2D eigenvalue weighted by molar-refractivity contribution is 5.80. The lowest BCUT2D eigenvalue weighted by Gasteiger charge is -2.46. The van der Waals surface area contributed by atoms with Crippen LogP contribution in [0.2, 0.25) is 0 Å². The van der Waals surface area contributed by atoms with E-state index in [9.17, 15) is 13.6 Å². The minimum atomic E-state index is -2.81. The van der Waals surface area contributed by atoms with E-state index in [1.165, 1.54) is 29.7 Å². The second kappa shape index (κ2) is 10.8. The Morgan fingerprint density at radius 1 is 1.13 bits per heavy atom. The van der Waals surface area contributed by atoms with Crippen molar-refractivity contribution in [3.8, 4) is 5.69 Å². The number of aryl methyl sites for hydroxylation is 1. The predicted molar refractivity (Wildman–Crippen MR) is 146 cm³/mol. The molecule has 3 unspecified atom stereocenters. The van der Waals surface area contributed by atoms with Gasteiger partial charge in [-0.1, -0.05) is 31.2 Å². The SMILES string of the molecule is C=C1CCc2nn(-c3ccc(C4CC4)cc3)c3c2[C@H](C1)N(C(=O)C1CCC(OC(F)F)N(CCC)C1C)CC3. The van der Waals surface area contributed by atoms with Gasteiger partial charge in [0.15, 0.2) is 0 Å². The topological polar surface area (TPSA) is 50.6 Å². The van der Waals surface area contributed by atoms with E-state index in [2.05, 4.69) is 40.4 Å². The number of carbonyl (C=O) groups is 1. The fourth-order valence-corrected chi connectivity index (χ4v) is 7.16. The summed E-state index contributed by atoms with van der Waals surface area (Å²) >= 11 is 0. The second-order valence-corrected chi connectivity index (χ2v) is 11.8. The Morgan fingerprint density at radius 2 is 1.90 bits per heavy atom. The Morgan fingerprint density at radius 3 is 2.59 bits per heavy atom. The summed E-state index contributed by atoms with van der Waals surface area (Å²) in [6.07, 6.45) is 6.92. The Bertz CT molecular complexity index is 1220. The van der Waals surface area contributed by atoms with Crippen molar-refractivity contribution in [1.82, 2.24) is 19.6 Å². The minimum absolute atomic E-state index is 0.0763. The summed E-state index contributed by atoms with van der Waals surface area (Å²) in [7, 11) is 0. The lowest BCUT2D eigenvalue weighted by molar-refractivity contribution is -0.225. The van der Waals surface area contributed by atoms with Crippen molar-refractivity contribution in [3.63, 3.8) is 0 Å². The predicted octanol–water partition coefficient (Wildman–Crippen LogP) is 6.14. The number of rotatable bonds is 7. The Balaban J connectivity index is 1.28. The molecule has 1 aromatic heterocycles. The van der Waals surface area contributed by atoms with Gasteiger partial charge in [-0.05, 0) is 81.9 Å². The standard InChI is InChI=1S/C31H40F2N4O2/c1-4-16-35-20(3)24(12-14-28(35)39-31(32)33)30(38)36-17-15-26-29-25(13-5-19(2)18-27(29)36)34-37(26)23-10-8-22(9-11-23)21-6-7-21/h8-11,20-21,24,27-28,31H,2,4-7,12-18H2,1,3H3/t20?,24?,27-,28?/m0/s1. The fourth-order valence-electron chi connectivity index (χ4n) is 7.16. The van der Waals surface area contributed by atoms with E-state index in [4.69, 9.17) is 9.84 Å². The summed E-state index contributed by atoms with van der Waals surface area (Å²) in [5.41, 5.74) is 7.13. The van der Waals surface area contributed by atoms with E-state index in [1.54, 1.807) is 0 Å². The molecule has 0 spiro atoms. The van der Waals surface area contributed by atoms with Crippen LogP contribution in [0.5, 0.6) is 0 Å². The molecule has 2 aliphatic heterocycles. The Hall–Kier alpha value is -2.58. The molecule has 0 bridgehead atoms. The second-order valence-electron chi connectivity index (χ2n) is 11.8. The molecule has 4 aliphatic rings. The molecule has 1 saturated heterocycles. The number of carbonyl (C=O) groups excluding carboxylic acids is 1. The molecular formula is C31H40F2N4O2. The van der Waals surface area contributed by atoms with Gasteiger partial charge in [0.2, 0.25) is 5.91 Å². The lowest BCUT2D eigenvalue weighted by Crippen LogP contribution is -2.56. The van der Waals surface area contributed by atoms with Crippen LogP contribution >= 0.6 is 0 Å². The van der Waals surface area contributed by atoms with Crippen LogP contribution in [0.25, 0.3) is 5.69 Å². The summed E-state index contributed by atoms with van der Waals surface area (Å²) in [4.78, 5) is 18.2. The van der Waals surface area contributed by atoms with Crippen molar-refractivity contribution in [3.05, 3.63) is 58.9 Å². The number of hydrogen-bond acceptors (Lipinski definition) is 4. The summed E-state index contributed by atoms with van der Waals surface area (Å²) in [6.45, 7) is 6.79. The van der Waals surface area contributed by atoms with Crippen LogP contribution in [0, 0.1) is 5.92 Å². The molecule has 1 aromatic carbocycles. The molecular weight excluding hydrogens is 498 g/mol. The number of piperidine rings is 1. The Kier molecular flexibility index (Phi) is 7.35. The molecule has 6 rings (SSSR count). The molecule has 2 aliphatic carbocycles. The molecule has 6 nitrogen and oxygen atoms in total. The van der Waals surface area contributed by atoms with Crippen molar-refractivity contribution in [2.24, 2.45) is 5.92 Å². The van der Waals surface area contributed by atoms with Crippen LogP contribution in [-0.4, -0.2) is 57.5 Å². The maximum Gasteiger partial charge on any atom is 0.346 e. The van der Waals surface area contributed by atoms with Gasteiger partial charge in [0.1, 0.15) is 6.23 Å². The van der Waals surface area contributed by atoms with Crippen molar-refractivity contribution >= 4 is 5.91 Å². The molecule has 1 amide bonds. The molecule has 0 N–H and O–H groups in total. The third-order valence-electron chi connectivity index (χ3n) is 9.32. The van der Waals surface area contributed by atoms with Crippen molar-refractivity contribution in [1.29, 1.82) is 0 Å². The zero-order valence-corrected chi connectivity index (χ0v) is 23.1. The third-order valence-corrected chi connectivity index (χ3v) is 9.32. The van der Waals surface area contributed by atoms with Crippen LogP contribution in [-0.2, 0) is 22.4 Å². The number of amides is 1. The van der Waals surface area contributed by atoms with Gasteiger partial charge >= 0.3 is 6.61 Å². The van der Waals surface area contributed by atoms with Gasteiger partial charge in [0.05, 0.1) is 29.0 Å². The highest BCUT2D eigenvalue weighted by atomic mass is 19.3. The summed E-state index contributed by atoms with van der Waals surface area (Å²) in [6, 6.07) is 8.60. The van der Waals surface area contributed by atoms with Crippen LogP contribution in [0.3, 0.4) is 0 Å². The van der Waals surface area contributed by atoms with Gasteiger partial charge in [-0.25, -0.2) is 4.68 Å². The van der Waals surface area contributed by atoms with E-state index in [0.717, 1.165) is 49.1 Å². The molecule has 39 heavy (non-hydrogen) atoms. The largest absolute Gasteiger partial charge is 0.346 e. The van der Waals surface area contributed by atoms with Gasteiger partial charge in [-0.3, -0.25) is 9.69 Å². The van der Waals surface area contributed by atoms with Gasteiger partial charge < -0.3 is 9.64 Å². The molecule has 8 heteroatoms. The molecule has 3 heterocycles. The van der Waals surface area contributed by atoms with Crippen molar-refractivity contribution in [2.45, 2.75) is 102 Å². The van der Waals surface area contributed by atoms with Gasteiger partial charge in [0.25, 0.3) is 0 Å². The maximum absolute atomic E-state index is 14.2. The number of hydrogen-bond donors (Lipinski definition) is 0. The summed E-state index contributed by atoms with van der Waals surface area (Å²) in [5.74, 6) is 0.590. The van der Waals surface area contributed by atoms with E-state index >= 15 is 0 Å². The average Bonchev–Trinajstić information content (AvgIpc) is 3.72. The first-order valence-corrected chi connectivity index (χ1v) is 14.7. The quantitative estimate of drug-likeness (QED) is 0.397. The molecule has 0 radical (unpaired) electrons. The third kappa shape index (κ3) is 5.06. The number of nitrogens with zero attached hydrogens (tertiary/aromatic N) is 4. The molecule has 210 valence electrons. The molecule has 4 atom stereocenters. The first-order chi connectivity index (χ1) is 18.9. The molecule has 2 fully saturated rings. The van der Waals surface area contributed by atoms with Crippen LogP contribution < -0.4 is 0 Å². The fraction of sp³-hybridized carbons (Fsp3) is 0.613.